The number of nitrogens with one attached hydrogen (secondary N) is 2. The van der Waals surface area contributed by atoms with E-state index >= 15 is 0 Å². The quantitative estimate of drug-likeness (QED) is 0.635. The summed E-state index contributed by atoms with van der Waals surface area (Å²) in [6.45, 7) is -0.250. The van der Waals surface area contributed by atoms with Crippen molar-refractivity contribution in [2.75, 3.05) is 5.32 Å². The van der Waals surface area contributed by atoms with Crippen LogP contribution in [0.25, 0.3) is 11.0 Å². The highest BCUT2D eigenvalue weighted by molar-refractivity contribution is 5.82. The first-order valence-corrected chi connectivity index (χ1v) is 4.03. The summed E-state index contributed by atoms with van der Waals surface area (Å²) in [7, 11) is 0. The van der Waals surface area contributed by atoms with E-state index in [9.17, 15) is 4.79 Å². The number of amides is 1. The summed E-state index contributed by atoms with van der Waals surface area (Å²) in [6.07, 6.45) is 2.27. The summed E-state index contributed by atoms with van der Waals surface area (Å²) in [5.41, 5.74) is 2.58. The second-order valence-electron chi connectivity index (χ2n) is 2.50. The van der Waals surface area contributed by atoms with Crippen LogP contribution >= 0.6 is 0 Å². The van der Waals surface area contributed by atoms with Gasteiger partial charge in [-0.3, -0.25) is 9.59 Å². The Morgan fingerprint density at radius 2 is 2.13 bits per heavy atom. The molecule has 1 amide bonds. The second kappa shape index (κ2) is 5.38. The Hall–Kier alpha value is -2.37. The number of hydrogen-bond acceptors (Lipinski definition) is 3. The summed E-state index contributed by atoms with van der Waals surface area (Å²) in [5.74, 6) is 0. The summed E-state index contributed by atoms with van der Waals surface area (Å²) < 4.78 is 0. The fraction of sp³-hybridized carbons (Fsp3) is 0. The third-order valence-corrected chi connectivity index (χ3v) is 1.65. The van der Waals surface area contributed by atoms with Gasteiger partial charge >= 0.3 is 0 Å². The fourth-order valence-electron chi connectivity index (χ4n) is 1.09. The third kappa shape index (κ3) is 2.80. The van der Waals surface area contributed by atoms with Crippen molar-refractivity contribution in [2.24, 2.45) is 0 Å². The van der Waals surface area contributed by atoms with Crippen LogP contribution in [-0.2, 0) is 9.59 Å². The number of nitrogens with zero attached hydrogens (tertiary/aromatic N) is 1. The molecule has 1 heterocycles. The van der Waals surface area contributed by atoms with E-state index in [2.05, 4.69) is 15.3 Å². The minimum atomic E-state index is -0.250. The molecule has 0 saturated carbocycles. The fourth-order valence-corrected chi connectivity index (χ4v) is 1.09. The topological polar surface area (TPSA) is 95.1 Å². The minimum Gasteiger partial charge on any atom is -0.483 e. The number of carboxylic acid groups (broad SMARTS) is 1. The van der Waals surface area contributed by atoms with E-state index < -0.39 is 0 Å². The van der Waals surface area contributed by atoms with Crippen molar-refractivity contribution in [1.29, 1.82) is 0 Å². The second-order valence-corrected chi connectivity index (χ2v) is 2.50. The van der Waals surface area contributed by atoms with Crippen molar-refractivity contribution < 1.29 is 14.7 Å². The molecule has 15 heavy (non-hydrogen) atoms. The number of aromatic amines is 1. The van der Waals surface area contributed by atoms with Crippen LogP contribution in [0.2, 0.25) is 0 Å². The standard InChI is InChI=1S/C8H7N3O.CH2O2/c12-5-11-6-1-2-7-8(3-6)10-4-9-7;2-1-3/h1-5H,(H,9,10)(H,11,12);1H,(H,2,3). The van der Waals surface area contributed by atoms with Gasteiger partial charge in [0.05, 0.1) is 17.4 Å². The molecule has 2 aromatic rings. The summed E-state index contributed by atoms with van der Waals surface area (Å²) in [5, 5.41) is 9.45. The van der Waals surface area contributed by atoms with Crippen molar-refractivity contribution in [3.63, 3.8) is 0 Å². The van der Waals surface area contributed by atoms with Gasteiger partial charge in [-0.2, -0.15) is 0 Å². The smallest absolute Gasteiger partial charge is 0.290 e. The van der Waals surface area contributed by atoms with Gasteiger partial charge in [-0.25, -0.2) is 4.98 Å². The Labute approximate surface area is 84.9 Å². The van der Waals surface area contributed by atoms with Crippen LogP contribution in [0.5, 0.6) is 0 Å². The zero-order valence-electron chi connectivity index (χ0n) is 7.68. The number of benzene rings is 1. The van der Waals surface area contributed by atoms with Gasteiger partial charge in [-0.1, -0.05) is 0 Å². The number of rotatable bonds is 2. The molecule has 0 fully saturated rings. The Balaban J connectivity index is 0.000000337. The Kier molecular flexibility index (Phi) is 3.84. The lowest BCUT2D eigenvalue weighted by atomic mass is 10.3. The number of carbonyl (C=O) groups is 2. The van der Waals surface area contributed by atoms with Crippen molar-refractivity contribution in [1.82, 2.24) is 9.97 Å². The zero-order chi connectivity index (χ0) is 11.1. The zero-order valence-corrected chi connectivity index (χ0v) is 7.68. The molecule has 0 aliphatic heterocycles. The maximum absolute atomic E-state index is 10.1. The molecule has 0 aliphatic rings. The molecule has 6 nitrogen and oxygen atoms in total. The van der Waals surface area contributed by atoms with Gasteiger partial charge in [0.25, 0.3) is 6.47 Å². The molecule has 3 N–H and O–H groups in total. The number of carbonyl (C=O) groups excluding carboxylic acids is 1. The molecule has 0 atom stereocenters. The Morgan fingerprint density at radius 3 is 2.80 bits per heavy atom. The molecule has 0 spiro atoms. The molecular weight excluding hydrogens is 198 g/mol. The van der Waals surface area contributed by atoms with Crippen molar-refractivity contribution in [3.8, 4) is 0 Å². The Bertz CT molecular complexity index is 453. The van der Waals surface area contributed by atoms with Gasteiger partial charge in [0.2, 0.25) is 6.41 Å². The molecule has 1 aromatic carbocycles. The van der Waals surface area contributed by atoms with Crippen molar-refractivity contribution >= 4 is 29.6 Å². The summed E-state index contributed by atoms with van der Waals surface area (Å²) >= 11 is 0. The highest BCUT2D eigenvalue weighted by atomic mass is 16.3. The predicted octanol–water partition coefficient (Wildman–Crippen LogP) is 0.832. The maximum atomic E-state index is 10.1. The Morgan fingerprint density at radius 1 is 1.40 bits per heavy atom. The molecule has 0 radical (unpaired) electrons. The molecule has 78 valence electrons. The lowest BCUT2D eigenvalue weighted by Crippen LogP contribution is -1.92. The predicted molar refractivity (Wildman–Crippen MR) is 54.5 cm³/mol. The lowest BCUT2D eigenvalue weighted by Gasteiger charge is -1.96. The van der Waals surface area contributed by atoms with Crippen LogP contribution in [0.1, 0.15) is 0 Å². The largest absolute Gasteiger partial charge is 0.483 e. The highest BCUT2D eigenvalue weighted by Crippen LogP contribution is 2.14. The average Bonchev–Trinajstić information content (AvgIpc) is 2.66. The van der Waals surface area contributed by atoms with Crippen LogP contribution in [0.4, 0.5) is 5.69 Å². The number of H-pyrrole nitrogens is 1. The van der Waals surface area contributed by atoms with E-state index in [0.717, 1.165) is 16.7 Å². The first-order chi connectivity index (χ1) is 7.31. The maximum Gasteiger partial charge on any atom is 0.290 e. The van der Waals surface area contributed by atoms with Gasteiger partial charge in [0.1, 0.15) is 0 Å². The van der Waals surface area contributed by atoms with E-state index in [4.69, 9.17) is 9.90 Å². The molecule has 6 heteroatoms. The normalized spacial score (nSPS) is 8.80. The third-order valence-electron chi connectivity index (χ3n) is 1.65. The van der Waals surface area contributed by atoms with Gasteiger partial charge in [-0.15, -0.1) is 0 Å². The van der Waals surface area contributed by atoms with Crippen molar-refractivity contribution in [3.05, 3.63) is 24.5 Å². The number of aromatic nitrogens is 2. The molecule has 0 unspecified atom stereocenters. The molecule has 0 saturated heterocycles. The van der Waals surface area contributed by atoms with Crippen LogP contribution in [0, 0.1) is 0 Å². The number of anilines is 1. The molecule has 1 aromatic heterocycles. The van der Waals surface area contributed by atoms with Gasteiger partial charge in [0.15, 0.2) is 0 Å². The van der Waals surface area contributed by atoms with Crippen LogP contribution in [0.15, 0.2) is 24.5 Å². The number of hydrogen-bond donors (Lipinski definition) is 3. The van der Waals surface area contributed by atoms with E-state index in [1.807, 2.05) is 12.1 Å². The van der Waals surface area contributed by atoms with Crippen LogP contribution in [0.3, 0.4) is 0 Å². The lowest BCUT2D eigenvalue weighted by molar-refractivity contribution is -0.122. The monoisotopic (exact) mass is 207 g/mol. The SMILES string of the molecule is O=CNc1ccc2nc[nH]c2c1.O=CO. The van der Waals surface area contributed by atoms with Gasteiger partial charge in [0, 0.05) is 5.69 Å². The first kappa shape index (κ1) is 10.7. The van der Waals surface area contributed by atoms with Crippen LogP contribution in [-0.4, -0.2) is 28.0 Å². The molecule has 0 aliphatic carbocycles. The number of imidazole rings is 1. The average molecular weight is 207 g/mol. The number of fused-ring (bicyclic) bond motifs is 1. The summed E-state index contributed by atoms with van der Waals surface area (Å²) in [6, 6.07) is 5.48. The molecule has 0 bridgehead atoms. The molecular formula is C9H9N3O3. The van der Waals surface area contributed by atoms with E-state index in [-0.39, 0.29) is 6.47 Å². The highest BCUT2D eigenvalue weighted by Gasteiger charge is 1.95. The minimum absolute atomic E-state index is 0.250. The molecule has 2 rings (SSSR count). The van der Waals surface area contributed by atoms with Gasteiger partial charge < -0.3 is 15.4 Å². The first-order valence-electron chi connectivity index (χ1n) is 4.03. The van der Waals surface area contributed by atoms with Gasteiger partial charge in [-0.05, 0) is 18.2 Å². The van der Waals surface area contributed by atoms with E-state index in [0.29, 0.717) is 6.41 Å². The van der Waals surface area contributed by atoms with Crippen LogP contribution < -0.4 is 5.32 Å². The van der Waals surface area contributed by atoms with Crippen molar-refractivity contribution in [2.45, 2.75) is 0 Å². The van der Waals surface area contributed by atoms with E-state index in [1.54, 1.807) is 12.4 Å². The van der Waals surface area contributed by atoms with E-state index in [1.165, 1.54) is 0 Å². The summed E-state index contributed by atoms with van der Waals surface area (Å²) in [4.78, 5) is 25.5.